The summed E-state index contributed by atoms with van der Waals surface area (Å²) in [7, 11) is 0. The molecular weight excluding hydrogens is 309 g/mol. The SMILES string of the molecule is CC(C)n1ccc2c(nnc3c(-c4ccc(F)cc4)cnn32)c1=O. The van der Waals surface area contributed by atoms with E-state index in [0.717, 1.165) is 11.1 Å². The number of fused-ring (bicyclic) bond motifs is 3. The van der Waals surface area contributed by atoms with Crippen molar-refractivity contribution in [1.29, 1.82) is 0 Å². The van der Waals surface area contributed by atoms with Gasteiger partial charge in [0, 0.05) is 17.8 Å². The molecular formula is C17H14FN5O. The Morgan fingerprint density at radius 3 is 2.54 bits per heavy atom. The molecule has 6 nitrogen and oxygen atoms in total. The second kappa shape index (κ2) is 5.23. The minimum absolute atomic E-state index is 0.0341. The van der Waals surface area contributed by atoms with Gasteiger partial charge in [-0.15, -0.1) is 10.2 Å². The van der Waals surface area contributed by atoms with Crippen LogP contribution in [-0.2, 0) is 0 Å². The van der Waals surface area contributed by atoms with Gasteiger partial charge >= 0.3 is 0 Å². The zero-order chi connectivity index (χ0) is 16.8. The van der Waals surface area contributed by atoms with Crippen LogP contribution in [0.5, 0.6) is 0 Å². The van der Waals surface area contributed by atoms with E-state index in [-0.39, 0.29) is 22.9 Å². The second-order valence-electron chi connectivity index (χ2n) is 5.86. The quantitative estimate of drug-likeness (QED) is 0.569. The van der Waals surface area contributed by atoms with E-state index in [4.69, 9.17) is 0 Å². The van der Waals surface area contributed by atoms with Crippen molar-refractivity contribution in [3.63, 3.8) is 0 Å². The summed E-state index contributed by atoms with van der Waals surface area (Å²) in [5.41, 5.74) is 2.71. The van der Waals surface area contributed by atoms with E-state index in [2.05, 4.69) is 15.3 Å². The Balaban J connectivity index is 1.99. The van der Waals surface area contributed by atoms with Crippen LogP contribution in [0.3, 0.4) is 0 Å². The third-order valence-electron chi connectivity index (χ3n) is 4.00. The van der Waals surface area contributed by atoms with Crippen molar-refractivity contribution < 1.29 is 4.39 Å². The molecule has 0 saturated heterocycles. The Labute approximate surface area is 136 Å². The lowest BCUT2D eigenvalue weighted by Gasteiger charge is -2.10. The summed E-state index contributed by atoms with van der Waals surface area (Å²) in [6.45, 7) is 3.86. The predicted molar refractivity (Wildman–Crippen MR) is 88.3 cm³/mol. The molecule has 4 aromatic rings. The van der Waals surface area contributed by atoms with E-state index < -0.39 is 0 Å². The molecule has 4 rings (SSSR count). The fourth-order valence-electron chi connectivity index (χ4n) is 2.75. The van der Waals surface area contributed by atoms with Crippen molar-refractivity contribution >= 4 is 16.7 Å². The number of hydrogen-bond donors (Lipinski definition) is 0. The standard InChI is InChI=1S/C17H14FN5O/c1-10(2)22-8-7-14-15(17(22)24)20-21-16-13(9-19-23(14)16)11-3-5-12(18)6-4-11/h3-10H,1-2H3. The minimum atomic E-state index is -0.305. The Kier molecular flexibility index (Phi) is 3.16. The summed E-state index contributed by atoms with van der Waals surface area (Å²) in [4.78, 5) is 12.5. The van der Waals surface area contributed by atoms with Crippen LogP contribution >= 0.6 is 0 Å². The van der Waals surface area contributed by atoms with Gasteiger partial charge in [-0.1, -0.05) is 12.1 Å². The molecule has 0 fully saturated rings. The van der Waals surface area contributed by atoms with Crippen LogP contribution in [-0.4, -0.2) is 24.4 Å². The average molecular weight is 323 g/mol. The molecule has 120 valence electrons. The number of halogens is 1. The van der Waals surface area contributed by atoms with Crippen molar-refractivity contribution in [2.75, 3.05) is 0 Å². The van der Waals surface area contributed by atoms with E-state index in [9.17, 15) is 9.18 Å². The maximum Gasteiger partial charge on any atom is 0.280 e. The highest BCUT2D eigenvalue weighted by atomic mass is 19.1. The maximum atomic E-state index is 13.1. The fraction of sp³-hybridized carbons (Fsp3) is 0.176. The van der Waals surface area contributed by atoms with Crippen LogP contribution in [0, 0.1) is 5.82 Å². The zero-order valence-electron chi connectivity index (χ0n) is 13.1. The van der Waals surface area contributed by atoms with Crippen molar-refractivity contribution in [1.82, 2.24) is 24.4 Å². The van der Waals surface area contributed by atoms with Gasteiger partial charge in [0.15, 0.2) is 11.2 Å². The van der Waals surface area contributed by atoms with Crippen LogP contribution < -0.4 is 5.56 Å². The Morgan fingerprint density at radius 2 is 1.83 bits per heavy atom. The first-order valence-corrected chi connectivity index (χ1v) is 7.57. The highest BCUT2D eigenvalue weighted by Crippen LogP contribution is 2.24. The van der Waals surface area contributed by atoms with E-state index >= 15 is 0 Å². The summed E-state index contributed by atoms with van der Waals surface area (Å²) in [5.74, 6) is -0.305. The van der Waals surface area contributed by atoms with Gasteiger partial charge in [0.2, 0.25) is 0 Å². The van der Waals surface area contributed by atoms with E-state index in [1.54, 1.807) is 39.7 Å². The molecule has 0 bridgehead atoms. The predicted octanol–water partition coefficient (Wildman–Crippen LogP) is 2.83. The second-order valence-corrected chi connectivity index (χ2v) is 5.86. The van der Waals surface area contributed by atoms with Gasteiger partial charge in [0.1, 0.15) is 11.3 Å². The molecule has 3 heterocycles. The molecule has 0 amide bonds. The first kappa shape index (κ1) is 14.5. The first-order valence-electron chi connectivity index (χ1n) is 7.57. The summed E-state index contributed by atoms with van der Waals surface area (Å²) < 4.78 is 16.3. The average Bonchev–Trinajstić information content (AvgIpc) is 3.00. The van der Waals surface area contributed by atoms with Gasteiger partial charge in [-0.05, 0) is 37.6 Å². The molecule has 0 saturated carbocycles. The molecule has 0 spiro atoms. The molecule has 0 unspecified atom stereocenters. The number of pyridine rings is 1. The van der Waals surface area contributed by atoms with E-state index in [1.165, 1.54) is 12.1 Å². The molecule has 0 radical (unpaired) electrons. The zero-order valence-corrected chi connectivity index (χ0v) is 13.1. The lowest BCUT2D eigenvalue weighted by atomic mass is 10.1. The van der Waals surface area contributed by atoms with Gasteiger partial charge in [0.05, 0.1) is 6.20 Å². The normalized spacial score (nSPS) is 11.7. The Hall–Kier alpha value is -3.09. The summed E-state index contributed by atoms with van der Waals surface area (Å²) in [6.07, 6.45) is 3.38. The smallest absolute Gasteiger partial charge is 0.280 e. The lowest BCUT2D eigenvalue weighted by Crippen LogP contribution is -2.23. The molecule has 0 aliphatic rings. The van der Waals surface area contributed by atoms with Gasteiger partial charge < -0.3 is 4.57 Å². The maximum absolute atomic E-state index is 13.1. The van der Waals surface area contributed by atoms with Crippen molar-refractivity contribution in [3.8, 4) is 11.1 Å². The van der Waals surface area contributed by atoms with Gasteiger partial charge in [-0.3, -0.25) is 4.79 Å². The highest BCUT2D eigenvalue weighted by molar-refractivity contribution is 5.82. The number of nitrogens with zero attached hydrogens (tertiary/aromatic N) is 5. The number of hydrogen-bond acceptors (Lipinski definition) is 4. The summed E-state index contributed by atoms with van der Waals surface area (Å²) in [5, 5.41) is 12.6. The minimum Gasteiger partial charge on any atom is -0.311 e. The molecule has 0 atom stereocenters. The van der Waals surface area contributed by atoms with Crippen molar-refractivity contribution in [2.24, 2.45) is 0 Å². The molecule has 1 aromatic carbocycles. The first-order chi connectivity index (χ1) is 11.6. The molecule has 24 heavy (non-hydrogen) atoms. The molecule has 0 N–H and O–H groups in total. The summed E-state index contributed by atoms with van der Waals surface area (Å²) >= 11 is 0. The summed E-state index contributed by atoms with van der Waals surface area (Å²) in [6, 6.07) is 7.93. The van der Waals surface area contributed by atoms with Gasteiger partial charge in [-0.25, -0.2) is 8.91 Å². The Bertz CT molecular complexity index is 1110. The van der Waals surface area contributed by atoms with Crippen LogP contribution in [0.2, 0.25) is 0 Å². The largest absolute Gasteiger partial charge is 0.311 e. The molecule has 0 aliphatic heterocycles. The molecule has 3 aromatic heterocycles. The number of rotatable bonds is 2. The Morgan fingerprint density at radius 1 is 1.08 bits per heavy atom. The van der Waals surface area contributed by atoms with Crippen molar-refractivity contribution in [3.05, 3.63) is 58.9 Å². The van der Waals surface area contributed by atoms with Crippen molar-refractivity contribution in [2.45, 2.75) is 19.9 Å². The van der Waals surface area contributed by atoms with Crippen LogP contribution in [0.4, 0.5) is 4.39 Å². The topological polar surface area (TPSA) is 65.1 Å². The van der Waals surface area contributed by atoms with Crippen LogP contribution in [0.25, 0.3) is 27.8 Å². The third-order valence-corrected chi connectivity index (χ3v) is 4.00. The number of aromatic nitrogens is 5. The molecule has 0 aliphatic carbocycles. The van der Waals surface area contributed by atoms with E-state index in [1.807, 2.05) is 13.8 Å². The number of benzene rings is 1. The monoisotopic (exact) mass is 323 g/mol. The fourth-order valence-corrected chi connectivity index (χ4v) is 2.75. The molecule has 7 heteroatoms. The third kappa shape index (κ3) is 2.09. The van der Waals surface area contributed by atoms with Gasteiger partial charge in [-0.2, -0.15) is 5.10 Å². The van der Waals surface area contributed by atoms with E-state index in [0.29, 0.717) is 11.2 Å². The lowest BCUT2D eigenvalue weighted by molar-refractivity contribution is 0.581. The highest BCUT2D eigenvalue weighted by Gasteiger charge is 2.14. The van der Waals surface area contributed by atoms with Crippen LogP contribution in [0.1, 0.15) is 19.9 Å². The van der Waals surface area contributed by atoms with Crippen LogP contribution in [0.15, 0.2) is 47.5 Å². The van der Waals surface area contributed by atoms with Gasteiger partial charge in [0.25, 0.3) is 5.56 Å².